The molecule has 0 aliphatic carbocycles. The number of anilines is 1. The van der Waals surface area contributed by atoms with Gasteiger partial charge in [0.2, 0.25) is 0 Å². The third kappa shape index (κ3) is 4.30. The van der Waals surface area contributed by atoms with Gasteiger partial charge in [0.1, 0.15) is 0 Å². The number of benzene rings is 3. The van der Waals surface area contributed by atoms with Crippen molar-refractivity contribution >= 4 is 24.2 Å². The van der Waals surface area contributed by atoms with E-state index in [4.69, 9.17) is 0 Å². The van der Waals surface area contributed by atoms with Gasteiger partial charge >= 0.3 is 0 Å². The minimum absolute atomic E-state index is 0.463. The highest BCUT2D eigenvalue weighted by molar-refractivity contribution is 7.72. The van der Waals surface area contributed by atoms with Crippen molar-refractivity contribution in [3.63, 3.8) is 0 Å². The molecule has 2 heterocycles. The number of hydrogen-bond donors (Lipinski definition) is 0. The van der Waals surface area contributed by atoms with E-state index in [1.54, 1.807) is 0 Å². The summed E-state index contributed by atoms with van der Waals surface area (Å²) in [4.78, 5) is 9.13. The monoisotopic (exact) mass is 435 g/mol. The first-order chi connectivity index (χ1) is 15.7. The van der Waals surface area contributed by atoms with E-state index >= 15 is 0 Å². The zero-order valence-corrected chi connectivity index (χ0v) is 19.3. The summed E-state index contributed by atoms with van der Waals surface area (Å²) in [5, 5.41) is 2.74. The Morgan fingerprint density at radius 1 is 0.719 bits per heavy atom. The Morgan fingerprint density at radius 2 is 1.47 bits per heavy atom. The second-order valence-corrected chi connectivity index (χ2v) is 10.2. The SMILES string of the molecule is CN1C=CN(c2cccc(P(C)c3cccc(-c4cc(-c5ccccc5)ccn4)c3)c2)C1. The van der Waals surface area contributed by atoms with Crippen molar-refractivity contribution in [1.29, 1.82) is 0 Å². The number of nitrogens with zero attached hydrogens (tertiary/aromatic N) is 3. The summed E-state index contributed by atoms with van der Waals surface area (Å²) in [5.41, 5.74) is 5.82. The molecule has 3 nitrogen and oxygen atoms in total. The van der Waals surface area contributed by atoms with Gasteiger partial charge in [-0.1, -0.05) is 60.7 Å². The van der Waals surface area contributed by atoms with Crippen molar-refractivity contribution in [3.8, 4) is 22.4 Å². The maximum absolute atomic E-state index is 4.67. The minimum atomic E-state index is -0.463. The van der Waals surface area contributed by atoms with Gasteiger partial charge in [0.25, 0.3) is 0 Å². The van der Waals surface area contributed by atoms with Crippen LogP contribution in [-0.4, -0.2) is 30.3 Å². The van der Waals surface area contributed by atoms with Gasteiger partial charge in [-0.3, -0.25) is 4.98 Å². The Labute approximate surface area is 191 Å². The lowest BCUT2D eigenvalue weighted by Crippen LogP contribution is -2.22. The van der Waals surface area contributed by atoms with Crippen LogP contribution in [0.3, 0.4) is 0 Å². The van der Waals surface area contributed by atoms with Gasteiger partial charge in [0, 0.05) is 36.9 Å². The molecule has 5 rings (SSSR count). The topological polar surface area (TPSA) is 19.4 Å². The lowest BCUT2D eigenvalue weighted by Gasteiger charge is -2.21. The van der Waals surface area contributed by atoms with Gasteiger partial charge in [-0.15, -0.1) is 0 Å². The van der Waals surface area contributed by atoms with Gasteiger partial charge in [0.05, 0.1) is 12.4 Å². The molecule has 3 aromatic carbocycles. The normalized spacial score (nSPS) is 14.1. The number of rotatable bonds is 5. The van der Waals surface area contributed by atoms with Crippen molar-refractivity contribution in [1.82, 2.24) is 9.88 Å². The van der Waals surface area contributed by atoms with Crippen LogP contribution in [0.1, 0.15) is 0 Å². The number of pyridine rings is 1. The van der Waals surface area contributed by atoms with E-state index in [-0.39, 0.29) is 0 Å². The first-order valence-electron chi connectivity index (χ1n) is 10.8. The molecule has 1 aliphatic heterocycles. The highest BCUT2D eigenvalue weighted by Crippen LogP contribution is 2.32. The van der Waals surface area contributed by atoms with E-state index in [9.17, 15) is 0 Å². The fourth-order valence-electron chi connectivity index (χ4n) is 4.00. The van der Waals surface area contributed by atoms with Gasteiger partial charge in [0.15, 0.2) is 0 Å². The van der Waals surface area contributed by atoms with Crippen LogP contribution in [0.5, 0.6) is 0 Å². The molecule has 1 atom stereocenters. The largest absolute Gasteiger partial charge is 0.361 e. The van der Waals surface area contributed by atoms with E-state index < -0.39 is 7.92 Å². The summed E-state index contributed by atoms with van der Waals surface area (Å²) < 4.78 is 0. The standard InChI is InChI=1S/C28H26N3P/c1-30-16-17-31(21-30)25-11-7-13-27(20-25)32(2)26-12-6-10-24(18-26)28-19-23(14-15-29-28)22-8-4-3-5-9-22/h3-20H,21H2,1-2H3. The summed E-state index contributed by atoms with van der Waals surface area (Å²) >= 11 is 0. The molecule has 1 aliphatic rings. The summed E-state index contributed by atoms with van der Waals surface area (Å²) in [6, 6.07) is 32.5. The lowest BCUT2D eigenvalue weighted by molar-refractivity contribution is 0.496. The van der Waals surface area contributed by atoms with E-state index in [1.807, 2.05) is 12.3 Å². The van der Waals surface area contributed by atoms with Crippen molar-refractivity contribution < 1.29 is 0 Å². The molecule has 32 heavy (non-hydrogen) atoms. The Hall–Kier alpha value is -3.42. The second kappa shape index (κ2) is 8.98. The highest BCUT2D eigenvalue weighted by atomic mass is 31.1. The maximum Gasteiger partial charge on any atom is 0.0938 e. The molecule has 4 heteroatoms. The molecule has 0 fully saturated rings. The van der Waals surface area contributed by atoms with E-state index in [1.165, 1.54) is 27.4 Å². The molecule has 0 spiro atoms. The smallest absolute Gasteiger partial charge is 0.0938 e. The fraction of sp³-hybridized carbons (Fsp3) is 0.107. The van der Waals surface area contributed by atoms with Crippen LogP contribution >= 0.6 is 7.92 Å². The van der Waals surface area contributed by atoms with Crippen LogP contribution in [0, 0.1) is 0 Å². The third-order valence-electron chi connectivity index (χ3n) is 5.82. The van der Waals surface area contributed by atoms with Crippen molar-refractivity contribution in [2.45, 2.75) is 0 Å². The molecule has 0 saturated heterocycles. The first kappa shape index (κ1) is 20.5. The lowest BCUT2D eigenvalue weighted by atomic mass is 10.0. The Kier molecular flexibility index (Phi) is 5.75. The van der Waals surface area contributed by atoms with Crippen molar-refractivity contribution in [2.24, 2.45) is 0 Å². The Balaban J connectivity index is 1.43. The Morgan fingerprint density at radius 3 is 2.25 bits per heavy atom. The van der Waals surface area contributed by atoms with Gasteiger partial charge in [-0.25, -0.2) is 0 Å². The zero-order valence-electron chi connectivity index (χ0n) is 18.4. The average molecular weight is 436 g/mol. The third-order valence-corrected chi connectivity index (χ3v) is 7.93. The predicted molar refractivity (Wildman–Crippen MR) is 138 cm³/mol. The van der Waals surface area contributed by atoms with E-state index in [0.29, 0.717) is 0 Å². The molecule has 0 bridgehead atoms. The van der Waals surface area contributed by atoms with Gasteiger partial charge < -0.3 is 9.80 Å². The van der Waals surface area contributed by atoms with Crippen LogP contribution < -0.4 is 15.5 Å². The van der Waals surface area contributed by atoms with Crippen molar-refractivity contribution in [3.05, 3.63) is 110 Å². The van der Waals surface area contributed by atoms with Crippen LogP contribution in [0.25, 0.3) is 22.4 Å². The predicted octanol–water partition coefficient (Wildman–Crippen LogP) is 5.66. The maximum atomic E-state index is 4.67. The molecule has 1 aromatic heterocycles. The number of aromatic nitrogens is 1. The molecular formula is C28H26N3P. The van der Waals surface area contributed by atoms with Crippen LogP contribution in [-0.2, 0) is 0 Å². The summed E-state index contributed by atoms with van der Waals surface area (Å²) in [5.74, 6) is 0. The second-order valence-electron chi connectivity index (χ2n) is 8.09. The summed E-state index contributed by atoms with van der Waals surface area (Å²) in [7, 11) is 1.63. The molecule has 0 N–H and O–H groups in total. The molecular weight excluding hydrogens is 409 g/mol. The van der Waals surface area contributed by atoms with Gasteiger partial charge in [-0.2, -0.15) is 0 Å². The fourth-order valence-corrected chi connectivity index (χ4v) is 5.57. The quantitative estimate of drug-likeness (QED) is 0.377. The summed E-state index contributed by atoms with van der Waals surface area (Å²) in [6.45, 7) is 3.23. The Bertz CT molecular complexity index is 1250. The molecule has 158 valence electrons. The minimum Gasteiger partial charge on any atom is -0.361 e. The van der Waals surface area contributed by atoms with Crippen LogP contribution in [0.4, 0.5) is 5.69 Å². The van der Waals surface area contributed by atoms with Gasteiger partial charge in [-0.05, 0) is 66.7 Å². The van der Waals surface area contributed by atoms with E-state index in [2.05, 4.69) is 126 Å². The highest BCUT2D eigenvalue weighted by Gasteiger charge is 2.14. The summed E-state index contributed by atoms with van der Waals surface area (Å²) in [6.07, 6.45) is 6.16. The number of hydrogen-bond acceptors (Lipinski definition) is 3. The molecule has 0 saturated carbocycles. The molecule has 0 amide bonds. The molecule has 4 aromatic rings. The van der Waals surface area contributed by atoms with Crippen molar-refractivity contribution in [2.75, 3.05) is 25.3 Å². The molecule has 1 unspecified atom stereocenters. The molecule has 0 radical (unpaired) electrons. The van der Waals surface area contributed by atoms with Crippen LogP contribution in [0.15, 0.2) is 110 Å². The first-order valence-corrected chi connectivity index (χ1v) is 12.6. The average Bonchev–Trinajstić information content (AvgIpc) is 3.31. The van der Waals surface area contributed by atoms with E-state index in [0.717, 1.165) is 17.9 Å². The van der Waals surface area contributed by atoms with Crippen LogP contribution in [0.2, 0.25) is 0 Å². The zero-order chi connectivity index (χ0) is 21.9.